The van der Waals surface area contributed by atoms with Gasteiger partial charge in [0.25, 0.3) is 5.91 Å². The molecule has 1 aromatic carbocycles. The number of methoxy groups -OCH3 is 2. The first-order valence-corrected chi connectivity index (χ1v) is 9.08. The van der Waals surface area contributed by atoms with Crippen LogP contribution in [0.2, 0.25) is 0 Å². The number of carbonyl (C=O) groups excluding carboxylic acids is 1. The molecule has 0 bridgehead atoms. The number of ether oxygens (including phenoxy) is 2. The molecule has 0 saturated heterocycles. The van der Waals surface area contributed by atoms with Crippen LogP contribution in [0.15, 0.2) is 36.5 Å². The number of aryl methyl sites for hydroxylation is 1. The molecular formula is C20H16F6N4O3. The van der Waals surface area contributed by atoms with Crippen molar-refractivity contribution in [3.05, 3.63) is 53.5 Å². The number of alkyl halides is 6. The Hall–Kier alpha value is -3.77. The SMILES string of the molecule is COc1cccc(OC)c1-c1nn(C)c(C(=O)Nc2ccnc(C(F)(F)F)c2)c1C(F)(F)F. The highest BCUT2D eigenvalue weighted by atomic mass is 19.4. The molecule has 0 aliphatic heterocycles. The Kier molecular flexibility index (Phi) is 6.25. The van der Waals surface area contributed by atoms with Crippen LogP contribution in [0.4, 0.5) is 32.0 Å². The summed E-state index contributed by atoms with van der Waals surface area (Å²) in [6.45, 7) is 0. The zero-order chi connectivity index (χ0) is 24.6. The predicted octanol–water partition coefficient (Wildman–Crippen LogP) is 4.79. The highest BCUT2D eigenvalue weighted by molar-refractivity contribution is 6.05. The van der Waals surface area contributed by atoms with Crippen LogP contribution in [-0.4, -0.2) is 34.9 Å². The molecule has 33 heavy (non-hydrogen) atoms. The summed E-state index contributed by atoms with van der Waals surface area (Å²) in [5, 5.41) is 5.91. The average molecular weight is 474 g/mol. The molecule has 176 valence electrons. The van der Waals surface area contributed by atoms with Crippen molar-refractivity contribution >= 4 is 11.6 Å². The van der Waals surface area contributed by atoms with Gasteiger partial charge in [0.1, 0.15) is 34.1 Å². The summed E-state index contributed by atoms with van der Waals surface area (Å²) in [6, 6.07) is 5.80. The average Bonchev–Trinajstić information content (AvgIpc) is 3.10. The second-order valence-corrected chi connectivity index (χ2v) is 6.61. The Morgan fingerprint density at radius 2 is 1.61 bits per heavy atom. The second kappa shape index (κ2) is 8.64. The van der Waals surface area contributed by atoms with E-state index in [9.17, 15) is 31.1 Å². The van der Waals surface area contributed by atoms with Crippen molar-refractivity contribution in [2.75, 3.05) is 19.5 Å². The molecule has 0 atom stereocenters. The number of benzene rings is 1. The van der Waals surface area contributed by atoms with Gasteiger partial charge in [0.2, 0.25) is 0 Å². The van der Waals surface area contributed by atoms with E-state index in [0.717, 1.165) is 19.3 Å². The van der Waals surface area contributed by atoms with Crippen molar-refractivity contribution in [2.24, 2.45) is 7.05 Å². The molecule has 2 heterocycles. The van der Waals surface area contributed by atoms with E-state index < -0.39 is 46.6 Å². The summed E-state index contributed by atoms with van der Waals surface area (Å²) in [4.78, 5) is 15.9. The van der Waals surface area contributed by atoms with Gasteiger partial charge in [-0.2, -0.15) is 31.4 Å². The van der Waals surface area contributed by atoms with Crippen LogP contribution in [0.5, 0.6) is 11.5 Å². The van der Waals surface area contributed by atoms with Crippen LogP contribution in [0.1, 0.15) is 21.7 Å². The molecule has 1 amide bonds. The van der Waals surface area contributed by atoms with E-state index in [4.69, 9.17) is 9.47 Å². The number of hydrogen-bond donors (Lipinski definition) is 1. The van der Waals surface area contributed by atoms with E-state index in [2.05, 4.69) is 10.1 Å². The third-order valence-electron chi connectivity index (χ3n) is 4.52. The predicted molar refractivity (Wildman–Crippen MR) is 104 cm³/mol. The molecule has 7 nitrogen and oxygen atoms in total. The smallest absolute Gasteiger partial charge is 0.433 e. The van der Waals surface area contributed by atoms with Crippen LogP contribution in [0.25, 0.3) is 11.3 Å². The summed E-state index contributed by atoms with van der Waals surface area (Å²) in [5.41, 5.74) is -4.83. The molecule has 0 saturated carbocycles. The van der Waals surface area contributed by atoms with Crippen molar-refractivity contribution in [2.45, 2.75) is 12.4 Å². The van der Waals surface area contributed by atoms with Gasteiger partial charge in [-0.1, -0.05) is 6.07 Å². The quantitative estimate of drug-likeness (QED) is 0.538. The fraction of sp³-hybridized carbons (Fsp3) is 0.250. The lowest BCUT2D eigenvalue weighted by Gasteiger charge is -2.15. The number of amides is 1. The lowest BCUT2D eigenvalue weighted by atomic mass is 10.0. The molecule has 0 unspecified atom stereocenters. The van der Waals surface area contributed by atoms with Crippen LogP contribution in [0.3, 0.4) is 0 Å². The van der Waals surface area contributed by atoms with Crippen molar-refractivity contribution in [3.63, 3.8) is 0 Å². The first-order chi connectivity index (χ1) is 15.4. The van der Waals surface area contributed by atoms with Gasteiger partial charge in [-0.25, -0.2) is 0 Å². The molecule has 0 aliphatic rings. The number of anilines is 1. The van der Waals surface area contributed by atoms with E-state index in [1.807, 2.05) is 5.32 Å². The third kappa shape index (κ3) is 4.71. The number of aromatic nitrogens is 3. The number of nitrogens with zero attached hydrogens (tertiary/aromatic N) is 3. The standard InChI is InChI=1S/C20H16F6N4O3/c1-30-17(18(31)28-10-7-8-27-13(9-10)19(21,22)23)15(20(24,25)26)16(29-30)14-11(32-2)5-4-6-12(14)33-3/h4-9H,1-3H3,(H,27,28,31). The number of hydrogen-bond acceptors (Lipinski definition) is 5. The van der Waals surface area contributed by atoms with Crippen molar-refractivity contribution in [1.29, 1.82) is 0 Å². The minimum atomic E-state index is -5.06. The zero-order valence-electron chi connectivity index (χ0n) is 17.3. The van der Waals surface area contributed by atoms with Gasteiger partial charge in [-0.3, -0.25) is 14.5 Å². The number of nitrogens with one attached hydrogen (secondary N) is 1. The van der Waals surface area contributed by atoms with E-state index in [1.54, 1.807) is 0 Å². The van der Waals surface area contributed by atoms with Gasteiger partial charge in [-0.15, -0.1) is 0 Å². The fourth-order valence-electron chi connectivity index (χ4n) is 3.17. The Morgan fingerprint density at radius 1 is 1.00 bits per heavy atom. The number of halogens is 6. The molecule has 0 aliphatic carbocycles. The number of pyridine rings is 1. The molecule has 2 aromatic heterocycles. The fourth-order valence-corrected chi connectivity index (χ4v) is 3.17. The Balaban J connectivity index is 2.16. The molecule has 0 fully saturated rings. The first-order valence-electron chi connectivity index (χ1n) is 9.08. The highest BCUT2D eigenvalue weighted by Gasteiger charge is 2.43. The lowest BCUT2D eigenvalue weighted by Crippen LogP contribution is -2.21. The maximum atomic E-state index is 14.1. The molecule has 0 spiro atoms. The monoisotopic (exact) mass is 474 g/mol. The van der Waals surface area contributed by atoms with Crippen LogP contribution < -0.4 is 14.8 Å². The van der Waals surface area contributed by atoms with Gasteiger partial charge in [0, 0.05) is 18.9 Å². The molecular weight excluding hydrogens is 458 g/mol. The summed E-state index contributed by atoms with van der Waals surface area (Å²) >= 11 is 0. The minimum absolute atomic E-state index is 0.00820. The third-order valence-corrected chi connectivity index (χ3v) is 4.52. The van der Waals surface area contributed by atoms with Crippen molar-refractivity contribution < 1.29 is 40.6 Å². The maximum Gasteiger partial charge on any atom is 0.433 e. The largest absolute Gasteiger partial charge is 0.496 e. The molecule has 3 aromatic rings. The summed E-state index contributed by atoms with van der Waals surface area (Å²) in [5.74, 6) is -1.31. The first kappa shape index (κ1) is 23.9. The van der Waals surface area contributed by atoms with Gasteiger partial charge in [0.05, 0.1) is 19.8 Å². The van der Waals surface area contributed by atoms with Gasteiger partial charge < -0.3 is 14.8 Å². The van der Waals surface area contributed by atoms with E-state index in [0.29, 0.717) is 10.7 Å². The lowest BCUT2D eigenvalue weighted by molar-refractivity contribution is -0.141. The molecule has 0 radical (unpaired) electrons. The Labute approximate surface area is 182 Å². The molecule has 1 N–H and O–H groups in total. The topological polar surface area (TPSA) is 78.3 Å². The molecule has 3 rings (SSSR count). The molecule has 13 heteroatoms. The second-order valence-electron chi connectivity index (χ2n) is 6.61. The van der Waals surface area contributed by atoms with Crippen LogP contribution >= 0.6 is 0 Å². The maximum absolute atomic E-state index is 14.1. The summed E-state index contributed by atoms with van der Waals surface area (Å²) < 4.78 is 92.0. The minimum Gasteiger partial charge on any atom is -0.496 e. The Bertz CT molecular complexity index is 1170. The van der Waals surface area contributed by atoms with E-state index in [-0.39, 0.29) is 17.1 Å². The zero-order valence-corrected chi connectivity index (χ0v) is 17.3. The van der Waals surface area contributed by atoms with Gasteiger partial charge in [-0.05, 0) is 24.3 Å². The Morgan fingerprint density at radius 3 is 2.12 bits per heavy atom. The summed E-state index contributed by atoms with van der Waals surface area (Å²) in [7, 11) is 3.58. The van der Waals surface area contributed by atoms with Crippen molar-refractivity contribution in [1.82, 2.24) is 14.8 Å². The normalized spacial score (nSPS) is 11.9. The number of carbonyl (C=O) groups is 1. The number of rotatable bonds is 5. The van der Waals surface area contributed by atoms with Crippen LogP contribution in [0, 0.1) is 0 Å². The highest BCUT2D eigenvalue weighted by Crippen LogP contribution is 2.45. The summed E-state index contributed by atoms with van der Waals surface area (Å²) in [6.07, 6.45) is -9.09. The van der Waals surface area contributed by atoms with Crippen LogP contribution in [-0.2, 0) is 19.4 Å². The van der Waals surface area contributed by atoms with E-state index in [1.165, 1.54) is 32.4 Å². The van der Waals surface area contributed by atoms with E-state index >= 15 is 0 Å². The van der Waals surface area contributed by atoms with Gasteiger partial charge in [0.15, 0.2) is 0 Å². The van der Waals surface area contributed by atoms with Gasteiger partial charge >= 0.3 is 12.4 Å². The van der Waals surface area contributed by atoms with Crippen molar-refractivity contribution in [3.8, 4) is 22.8 Å².